The highest BCUT2D eigenvalue weighted by Crippen LogP contribution is 2.35. The van der Waals surface area contributed by atoms with Crippen LogP contribution < -0.4 is 0 Å². The number of aryl methyl sites for hydroxylation is 1. The van der Waals surface area contributed by atoms with Gasteiger partial charge in [-0.1, -0.05) is 31.2 Å². The number of fused-ring (bicyclic) bond motifs is 1. The van der Waals surface area contributed by atoms with E-state index in [1.165, 1.54) is 0 Å². The SMILES string of the molecule is CCc1ccc(C(CC(CO)CCl)S(=O)(=O)c2ccc3[nH]ncc3c2)cc1. The molecule has 0 saturated heterocycles. The molecule has 2 aromatic carbocycles. The molecule has 0 bridgehead atoms. The maximum Gasteiger partial charge on any atom is 0.185 e. The number of aliphatic hydroxyl groups is 1. The van der Waals surface area contributed by atoms with Crippen molar-refractivity contribution in [1.82, 2.24) is 10.2 Å². The molecule has 0 radical (unpaired) electrons. The third kappa shape index (κ3) is 4.18. The number of halogens is 1. The van der Waals surface area contributed by atoms with Crippen molar-refractivity contribution >= 4 is 32.3 Å². The van der Waals surface area contributed by atoms with Crippen molar-refractivity contribution in [3.8, 4) is 0 Å². The molecule has 3 aromatic rings. The highest BCUT2D eigenvalue weighted by Gasteiger charge is 2.31. The molecular formula is C20H23ClN2O3S. The van der Waals surface area contributed by atoms with Gasteiger partial charge < -0.3 is 5.11 Å². The molecule has 5 nitrogen and oxygen atoms in total. The van der Waals surface area contributed by atoms with Gasteiger partial charge in [0.2, 0.25) is 0 Å². The molecule has 2 atom stereocenters. The van der Waals surface area contributed by atoms with E-state index in [1.807, 2.05) is 24.3 Å². The Bertz CT molecular complexity index is 995. The van der Waals surface area contributed by atoms with E-state index in [4.69, 9.17) is 11.6 Å². The second kappa shape index (κ2) is 8.42. The van der Waals surface area contributed by atoms with Gasteiger partial charge in [0.05, 0.1) is 21.9 Å². The van der Waals surface area contributed by atoms with Gasteiger partial charge in [0.15, 0.2) is 9.84 Å². The van der Waals surface area contributed by atoms with Gasteiger partial charge in [-0.3, -0.25) is 5.10 Å². The topological polar surface area (TPSA) is 83.0 Å². The maximum absolute atomic E-state index is 13.5. The number of hydrogen-bond acceptors (Lipinski definition) is 4. The zero-order chi connectivity index (χ0) is 19.4. The molecule has 144 valence electrons. The molecular weight excluding hydrogens is 384 g/mol. The molecule has 2 N–H and O–H groups in total. The van der Waals surface area contributed by atoms with E-state index in [9.17, 15) is 13.5 Å². The van der Waals surface area contributed by atoms with Crippen molar-refractivity contribution < 1.29 is 13.5 Å². The zero-order valence-corrected chi connectivity index (χ0v) is 16.7. The Kier molecular flexibility index (Phi) is 6.19. The van der Waals surface area contributed by atoms with Gasteiger partial charge in [-0.05, 0) is 48.1 Å². The smallest absolute Gasteiger partial charge is 0.185 e. The molecule has 0 amide bonds. The Hall–Kier alpha value is -1.89. The highest BCUT2D eigenvalue weighted by molar-refractivity contribution is 7.91. The lowest BCUT2D eigenvalue weighted by Gasteiger charge is -2.22. The maximum atomic E-state index is 13.5. The van der Waals surface area contributed by atoms with Crippen LogP contribution >= 0.6 is 11.6 Å². The lowest BCUT2D eigenvalue weighted by Crippen LogP contribution is -2.20. The van der Waals surface area contributed by atoms with E-state index in [0.29, 0.717) is 5.56 Å². The Labute approximate surface area is 164 Å². The fourth-order valence-electron chi connectivity index (χ4n) is 3.16. The van der Waals surface area contributed by atoms with Crippen LogP contribution in [0.1, 0.15) is 29.7 Å². The molecule has 0 aliphatic heterocycles. The Morgan fingerprint density at radius 2 is 1.93 bits per heavy atom. The standard InChI is InChI=1S/C20H23ClN2O3S/c1-2-14-3-5-16(6-4-14)20(9-15(11-21)13-24)27(25,26)18-7-8-19-17(10-18)12-22-23-19/h3-8,10,12,15,20,24H,2,9,11,13H2,1H3,(H,22,23). The number of sulfone groups is 1. The fourth-order valence-corrected chi connectivity index (χ4v) is 5.30. The molecule has 2 unspecified atom stereocenters. The van der Waals surface area contributed by atoms with E-state index in [2.05, 4.69) is 17.1 Å². The Morgan fingerprint density at radius 3 is 2.56 bits per heavy atom. The van der Waals surface area contributed by atoms with Gasteiger partial charge in [0.25, 0.3) is 0 Å². The van der Waals surface area contributed by atoms with Crippen molar-refractivity contribution in [3.63, 3.8) is 0 Å². The quantitative estimate of drug-likeness (QED) is 0.556. The van der Waals surface area contributed by atoms with Crippen LogP contribution in [0, 0.1) is 5.92 Å². The lowest BCUT2D eigenvalue weighted by atomic mass is 10.00. The first-order valence-corrected chi connectivity index (χ1v) is 11.0. The minimum atomic E-state index is -3.67. The normalized spacial score (nSPS) is 14.3. The number of alkyl halides is 1. The van der Waals surface area contributed by atoms with Gasteiger partial charge in [0.1, 0.15) is 0 Å². The van der Waals surface area contributed by atoms with Crippen LogP contribution in [0.5, 0.6) is 0 Å². The van der Waals surface area contributed by atoms with Crippen LogP contribution in [0.2, 0.25) is 0 Å². The van der Waals surface area contributed by atoms with E-state index in [-0.39, 0.29) is 29.7 Å². The summed E-state index contributed by atoms with van der Waals surface area (Å²) in [5, 5.41) is 16.3. The molecule has 0 fully saturated rings. The number of aromatic amines is 1. The number of nitrogens with zero attached hydrogens (tertiary/aromatic N) is 1. The second-order valence-electron chi connectivity index (χ2n) is 6.69. The van der Waals surface area contributed by atoms with Gasteiger partial charge in [-0.15, -0.1) is 11.6 Å². The summed E-state index contributed by atoms with van der Waals surface area (Å²) in [7, 11) is -3.67. The van der Waals surface area contributed by atoms with Gasteiger partial charge in [0, 0.05) is 17.9 Å². The molecule has 1 heterocycles. The second-order valence-corrected chi connectivity index (χ2v) is 9.13. The average molecular weight is 407 g/mol. The molecule has 7 heteroatoms. The average Bonchev–Trinajstić information content (AvgIpc) is 3.17. The van der Waals surface area contributed by atoms with Crippen molar-refractivity contribution in [2.24, 2.45) is 5.92 Å². The predicted molar refractivity (Wildman–Crippen MR) is 108 cm³/mol. The first-order chi connectivity index (χ1) is 13.0. The number of rotatable bonds is 8. The summed E-state index contributed by atoms with van der Waals surface area (Å²) in [4.78, 5) is 0.243. The minimum Gasteiger partial charge on any atom is -0.396 e. The van der Waals surface area contributed by atoms with Crippen molar-refractivity contribution in [2.45, 2.75) is 29.9 Å². The molecule has 27 heavy (non-hydrogen) atoms. The summed E-state index contributed by atoms with van der Waals surface area (Å²) in [5.41, 5.74) is 2.64. The van der Waals surface area contributed by atoms with Crippen LogP contribution in [0.3, 0.4) is 0 Å². The van der Waals surface area contributed by atoms with Crippen molar-refractivity contribution in [2.75, 3.05) is 12.5 Å². The van der Waals surface area contributed by atoms with Crippen LogP contribution in [0.25, 0.3) is 10.9 Å². The predicted octanol–water partition coefficient (Wildman–Crippen LogP) is 3.88. The lowest BCUT2D eigenvalue weighted by molar-refractivity contribution is 0.231. The first-order valence-electron chi connectivity index (χ1n) is 8.92. The number of H-pyrrole nitrogens is 1. The van der Waals surface area contributed by atoms with E-state index in [1.54, 1.807) is 24.4 Å². The first kappa shape index (κ1) is 19.9. The molecule has 3 rings (SSSR count). The summed E-state index contributed by atoms with van der Waals surface area (Å²) < 4.78 is 26.9. The van der Waals surface area contributed by atoms with Crippen molar-refractivity contribution in [3.05, 3.63) is 59.8 Å². The summed E-state index contributed by atoms with van der Waals surface area (Å²) in [6.45, 7) is 1.90. The molecule has 0 saturated carbocycles. The largest absolute Gasteiger partial charge is 0.396 e. The monoisotopic (exact) mass is 406 g/mol. The van der Waals surface area contributed by atoms with Crippen LogP contribution in [-0.2, 0) is 16.3 Å². The number of aliphatic hydroxyl groups excluding tert-OH is 1. The number of benzene rings is 2. The van der Waals surface area contributed by atoms with Crippen LogP contribution in [-0.4, -0.2) is 36.2 Å². The highest BCUT2D eigenvalue weighted by atomic mass is 35.5. The number of nitrogens with one attached hydrogen (secondary N) is 1. The number of aromatic nitrogens is 2. The molecule has 0 spiro atoms. The van der Waals surface area contributed by atoms with E-state index in [0.717, 1.165) is 22.9 Å². The summed E-state index contributed by atoms with van der Waals surface area (Å²) >= 11 is 5.94. The third-order valence-corrected chi connectivity index (χ3v) is 7.46. The Morgan fingerprint density at radius 1 is 1.19 bits per heavy atom. The van der Waals surface area contributed by atoms with Gasteiger partial charge >= 0.3 is 0 Å². The van der Waals surface area contributed by atoms with Crippen LogP contribution in [0.15, 0.2) is 53.6 Å². The molecule has 0 aliphatic rings. The molecule has 1 aromatic heterocycles. The number of hydrogen-bond donors (Lipinski definition) is 2. The summed E-state index contributed by atoms with van der Waals surface area (Å²) in [5.74, 6) is -0.0917. The third-order valence-electron chi connectivity index (χ3n) is 4.90. The summed E-state index contributed by atoms with van der Waals surface area (Å²) in [6, 6.07) is 12.6. The minimum absolute atomic E-state index is 0.149. The van der Waals surface area contributed by atoms with Crippen molar-refractivity contribution in [1.29, 1.82) is 0 Å². The fraction of sp³-hybridized carbons (Fsp3) is 0.350. The van der Waals surface area contributed by atoms with E-state index >= 15 is 0 Å². The van der Waals surface area contributed by atoms with Gasteiger partial charge in [-0.25, -0.2) is 8.42 Å². The van der Waals surface area contributed by atoms with E-state index < -0.39 is 15.1 Å². The van der Waals surface area contributed by atoms with Crippen LogP contribution in [0.4, 0.5) is 0 Å². The molecule has 0 aliphatic carbocycles. The van der Waals surface area contributed by atoms with Gasteiger partial charge in [-0.2, -0.15) is 5.10 Å². The summed E-state index contributed by atoms with van der Waals surface area (Å²) in [6.07, 6.45) is 2.75. The Balaban J connectivity index is 2.05. The zero-order valence-electron chi connectivity index (χ0n) is 15.1.